The topological polar surface area (TPSA) is 65.5 Å². The molecular weight excluding hydrogens is 360 g/mol. The van der Waals surface area contributed by atoms with Crippen LogP contribution in [0.4, 0.5) is 4.79 Å². The van der Waals surface area contributed by atoms with Crippen LogP contribution in [0, 0.1) is 5.92 Å². The van der Waals surface area contributed by atoms with Crippen molar-refractivity contribution in [3.63, 3.8) is 0 Å². The van der Waals surface area contributed by atoms with Gasteiger partial charge in [0.2, 0.25) is 0 Å². The van der Waals surface area contributed by atoms with E-state index >= 15 is 0 Å². The van der Waals surface area contributed by atoms with E-state index in [2.05, 4.69) is 25.2 Å². The average molecular weight is 387 g/mol. The van der Waals surface area contributed by atoms with E-state index in [4.69, 9.17) is 4.98 Å². The van der Waals surface area contributed by atoms with Crippen LogP contribution in [0.3, 0.4) is 0 Å². The minimum absolute atomic E-state index is 0.0170. The number of thiazole rings is 1. The Labute approximate surface area is 163 Å². The summed E-state index contributed by atoms with van der Waals surface area (Å²) in [6.45, 7) is 4.42. The first-order valence-electron chi connectivity index (χ1n) is 9.62. The van der Waals surface area contributed by atoms with Gasteiger partial charge in [-0.3, -0.25) is 9.69 Å². The molecule has 1 aromatic heterocycles. The predicted octanol–water partition coefficient (Wildman–Crippen LogP) is 3.75. The number of imide groups is 1. The van der Waals surface area contributed by atoms with E-state index in [1.807, 2.05) is 30.1 Å². The van der Waals surface area contributed by atoms with Gasteiger partial charge < -0.3 is 5.32 Å². The Bertz CT molecular complexity index is 849. The van der Waals surface area contributed by atoms with E-state index < -0.39 is 5.54 Å². The summed E-state index contributed by atoms with van der Waals surface area (Å²) in [4.78, 5) is 33.8. The molecule has 27 heavy (non-hydrogen) atoms. The lowest BCUT2D eigenvalue weighted by atomic mass is 9.73. The van der Waals surface area contributed by atoms with E-state index in [1.54, 1.807) is 11.3 Å². The standard InChI is InChI=1S/C20H26N4O2S/c1-13-8-6-7-11-20(13)18(25)24(19(26)22-20)12-23(3)14(2)17-21-15-9-4-5-10-16(15)27-17/h4-5,9-10,13-14H,6-8,11-12H2,1-3H3,(H,22,26)/t13-,14-,20+/m0/s1. The van der Waals surface area contributed by atoms with E-state index in [9.17, 15) is 9.59 Å². The Morgan fingerprint density at radius 3 is 2.89 bits per heavy atom. The summed E-state index contributed by atoms with van der Waals surface area (Å²) in [5, 5.41) is 4.01. The molecule has 0 unspecified atom stereocenters. The van der Waals surface area contributed by atoms with Crippen molar-refractivity contribution in [2.24, 2.45) is 5.92 Å². The number of hydrogen-bond donors (Lipinski definition) is 1. The van der Waals surface area contributed by atoms with Gasteiger partial charge in [0.15, 0.2) is 0 Å². The van der Waals surface area contributed by atoms with E-state index in [0.29, 0.717) is 0 Å². The normalized spacial score (nSPS) is 27.0. The highest BCUT2D eigenvalue weighted by atomic mass is 32.1. The molecule has 144 valence electrons. The van der Waals surface area contributed by atoms with Crippen molar-refractivity contribution >= 4 is 33.5 Å². The Morgan fingerprint density at radius 2 is 2.15 bits per heavy atom. The van der Waals surface area contributed by atoms with Crippen LogP contribution >= 0.6 is 11.3 Å². The van der Waals surface area contributed by atoms with Gasteiger partial charge in [-0.05, 0) is 44.9 Å². The lowest BCUT2D eigenvalue weighted by molar-refractivity contribution is -0.135. The van der Waals surface area contributed by atoms with Gasteiger partial charge in [0, 0.05) is 0 Å². The van der Waals surface area contributed by atoms with Gasteiger partial charge in [-0.1, -0.05) is 31.9 Å². The van der Waals surface area contributed by atoms with E-state index in [0.717, 1.165) is 40.9 Å². The Hall–Kier alpha value is -1.99. The maximum atomic E-state index is 13.1. The lowest BCUT2D eigenvalue weighted by Gasteiger charge is -2.37. The summed E-state index contributed by atoms with van der Waals surface area (Å²) in [5.74, 6) is 0.114. The van der Waals surface area contributed by atoms with Crippen LogP contribution in [0.5, 0.6) is 0 Å². The zero-order chi connectivity index (χ0) is 19.2. The van der Waals surface area contributed by atoms with Crippen molar-refractivity contribution < 1.29 is 9.59 Å². The Morgan fingerprint density at radius 1 is 1.37 bits per heavy atom. The number of aromatic nitrogens is 1. The van der Waals surface area contributed by atoms with Gasteiger partial charge >= 0.3 is 6.03 Å². The summed E-state index contributed by atoms with van der Waals surface area (Å²) in [7, 11) is 1.94. The molecule has 1 aliphatic heterocycles. The van der Waals surface area contributed by atoms with Gasteiger partial charge in [-0.15, -0.1) is 11.3 Å². The van der Waals surface area contributed by atoms with Crippen LogP contribution in [-0.2, 0) is 4.79 Å². The Balaban J connectivity index is 1.51. The van der Waals surface area contributed by atoms with E-state index in [-0.39, 0.29) is 30.6 Å². The van der Waals surface area contributed by atoms with Crippen molar-refractivity contribution in [1.82, 2.24) is 20.1 Å². The number of nitrogens with one attached hydrogen (secondary N) is 1. The van der Waals surface area contributed by atoms with Gasteiger partial charge in [-0.2, -0.15) is 0 Å². The number of amides is 3. The summed E-state index contributed by atoms with van der Waals surface area (Å²) < 4.78 is 1.15. The number of para-hydroxylation sites is 1. The van der Waals surface area contributed by atoms with Crippen LogP contribution in [0.15, 0.2) is 24.3 Å². The molecule has 6 nitrogen and oxygen atoms in total. The first-order chi connectivity index (χ1) is 12.9. The number of fused-ring (bicyclic) bond motifs is 1. The summed E-state index contributed by atoms with van der Waals surface area (Å²) >= 11 is 1.66. The first kappa shape index (κ1) is 18.4. The van der Waals surface area contributed by atoms with Crippen LogP contribution in [0.25, 0.3) is 10.2 Å². The zero-order valence-electron chi connectivity index (χ0n) is 16.1. The third kappa shape index (κ3) is 3.02. The summed E-state index contributed by atoms with van der Waals surface area (Å²) in [6.07, 6.45) is 3.84. The average Bonchev–Trinajstić information content (AvgIpc) is 3.19. The van der Waals surface area contributed by atoms with Crippen LogP contribution < -0.4 is 5.32 Å². The Kier molecular flexibility index (Phi) is 4.68. The molecule has 4 rings (SSSR count). The van der Waals surface area contributed by atoms with Crippen molar-refractivity contribution in [3.05, 3.63) is 29.3 Å². The zero-order valence-corrected chi connectivity index (χ0v) is 16.9. The van der Waals surface area contributed by atoms with Crippen molar-refractivity contribution in [3.8, 4) is 0 Å². The smallest absolute Gasteiger partial charge is 0.323 e. The number of nitrogens with zero attached hydrogens (tertiary/aromatic N) is 3. The maximum Gasteiger partial charge on any atom is 0.326 e. The molecular formula is C20H26N4O2S. The third-order valence-corrected chi connectivity index (χ3v) is 7.40. The molecule has 2 aromatic rings. The minimum atomic E-state index is -0.699. The molecule has 1 aliphatic carbocycles. The molecule has 0 radical (unpaired) electrons. The summed E-state index contributed by atoms with van der Waals surface area (Å²) in [5.41, 5.74) is 0.290. The first-order valence-corrected chi connectivity index (χ1v) is 10.4. The molecule has 1 aromatic carbocycles. The second-order valence-electron chi connectivity index (χ2n) is 7.88. The number of benzene rings is 1. The second kappa shape index (κ2) is 6.87. The molecule has 2 fully saturated rings. The molecule has 7 heteroatoms. The number of urea groups is 1. The molecule has 2 aliphatic rings. The SMILES string of the molecule is C[C@@H](c1nc2ccccc2s1)N(C)CN1C(=O)N[C@@]2(CCCC[C@@H]2C)C1=O. The van der Waals surface area contributed by atoms with Gasteiger partial charge in [0.25, 0.3) is 5.91 Å². The van der Waals surface area contributed by atoms with Crippen LogP contribution in [-0.4, -0.2) is 46.0 Å². The van der Waals surface area contributed by atoms with Crippen molar-refractivity contribution in [2.75, 3.05) is 13.7 Å². The van der Waals surface area contributed by atoms with Gasteiger partial charge in [-0.25, -0.2) is 14.7 Å². The van der Waals surface area contributed by atoms with Crippen LogP contribution in [0.2, 0.25) is 0 Å². The molecule has 1 N–H and O–H groups in total. The third-order valence-electron chi connectivity index (χ3n) is 6.19. The fourth-order valence-corrected chi connectivity index (χ4v) is 5.31. The molecule has 3 amide bonds. The van der Waals surface area contributed by atoms with E-state index in [1.165, 1.54) is 4.90 Å². The fourth-order valence-electron chi connectivity index (χ4n) is 4.23. The number of carbonyl (C=O) groups excluding carboxylic acids is 2. The molecule has 1 saturated carbocycles. The predicted molar refractivity (Wildman–Crippen MR) is 106 cm³/mol. The maximum absolute atomic E-state index is 13.1. The lowest BCUT2D eigenvalue weighted by Crippen LogP contribution is -2.54. The minimum Gasteiger partial charge on any atom is -0.323 e. The van der Waals surface area contributed by atoms with Gasteiger partial charge in [0.05, 0.1) is 22.9 Å². The second-order valence-corrected chi connectivity index (χ2v) is 8.94. The quantitative estimate of drug-likeness (QED) is 0.813. The van der Waals surface area contributed by atoms with Gasteiger partial charge in [0.1, 0.15) is 10.5 Å². The largest absolute Gasteiger partial charge is 0.326 e. The monoisotopic (exact) mass is 386 g/mol. The fraction of sp³-hybridized carbons (Fsp3) is 0.550. The molecule has 1 spiro atoms. The molecule has 1 saturated heterocycles. The number of carbonyl (C=O) groups is 2. The molecule has 0 bridgehead atoms. The highest BCUT2D eigenvalue weighted by Gasteiger charge is 2.55. The van der Waals surface area contributed by atoms with Crippen molar-refractivity contribution in [1.29, 1.82) is 0 Å². The highest BCUT2D eigenvalue weighted by molar-refractivity contribution is 7.18. The number of hydrogen-bond acceptors (Lipinski definition) is 5. The molecule has 3 atom stereocenters. The van der Waals surface area contributed by atoms with Crippen LogP contribution in [0.1, 0.15) is 50.6 Å². The van der Waals surface area contributed by atoms with Crippen molar-refractivity contribution in [2.45, 2.75) is 51.1 Å². The molecule has 2 heterocycles. The summed E-state index contributed by atoms with van der Waals surface area (Å²) in [6, 6.07) is 7.82. The highest BCUT2D eigenvalue weighted by Crippen LogP contribution is 2.38. The number of rotatable bonds is 4.